The molecule has 4 rings (SSSR count). The summed E-state index contributed by atoms with van der Waals surface area (Å²) in [6.07, 6.45) is 4.76. The number of benzene rings is 1. The molecule has 0 N–H and O–H groups in total. The Balaban J connectivity index is 1.53. The van der Waals surface area contributed by atoms with Gasteiger partial charge in [0.15, 0.2) is 0 Å². The number of hydrogen-bond donors (Lipinski definition) is 0. The van der Waals surface area contributed by atoms with Crippen LogP contribution in [0.1, 0.15) is 68.3 Å². The third-order valence-electron chi connectivity index (χ3n) is 5.44. The molecule has 5 nitrogen and oxygen atoms in total. The number of nitrogens with zero attached hydrogens (tertiary/aromatic N) is 2. The molecule has 2 aromatic rings. The molecule has 0 radical (unpaired) electrons. The van der Waals surface area contributed by atoms with Gasteiger partial charge in [0.1, 0.15) is 34.9 Å². The first-order valence-electron chi connectivity index (χ1n) is 10.8. The summed E-state index contributed by atoms with van der Waals surface area (Å²) in [5, 5.41) is 0. The Bertz CT molecular complexity index is 953. The van der Waals surface area contributed by atoms with E-state index in [4.69, 9.17) is 9.47 Å². The number of carbonyl (C=O) groups excluding carboxylic acids is 1. The SMILES string of the molecule is CC(C)(C)OC(=O)c1cc(C2CC2)c(OC2CCCN(c3ccc(F)cn3)C2)cc1F. The molecule has 1 atom stereocenters. The molecule has 2 fully saturated rings. The van der Waals surface area contributed by atoms with Crippen molar-refractivity contribution in [2.24, 2.45) is 0 Å². The zero-order valence-corrected chi connectivity index (χ0v) is 18.2. The van der Waals surface area contributed by atoms with Crippen molar-refractivity contribution in [2.45, 2.75) is 64.1 Å². The summed E-state index contributed by atoms with van der Waals surface area (Å²) in [5.41, 5.74) is 0.113. The van der Waals surface area contributed by atoms with Crippen molar-refractivity contribution in [1.82, 2.24) is 4.98 Å². The molecule has 2 heterocycles. The lowest BCUT2D eigenvalue weighted by atomic mass is 10.0. The highest BCUT2D eigenvalue weighted by Crippen LogP contribution is 2.45. The molecule has 1 aromatic heterocycles. The van der Waals surface area contributed by atoms with Crippen LogP contribution in [0.15, 0.2) is 30.5 Å². The largest absolute Gasteiger partial charge is 0.488 e. The standard InChI is InChI=1S/C24H28F2N2O3/c1-24(2,3)31-23(29)19-11-18(15-6-7-15)21(12-20(19)26)30-17-5-4-10-28(14-17)22-9-8-16(25)13-27-22/h8-9,11-13,15,17H,4-7,10,14H2,1-3H3. The van der Waals surface area contributed by atoms with Crippen molar-refractivity contribution < 1.29 is 23.0 Å². The van der Waals surface area contributed by atoms with Crippen LogP contribution in [0.2, 0.25) is 0 Å². The first kappa shape index (κ1) is 21.5. The topological polar surface area (TPSA) is 51.7 Å². The third kappa shape index (κ3) is 5.32. The van der Waals surface area contributed by atoms with Crippen LogP contribution in [0, 0.1) is 11.6 Å². The number of aromatic nitrogens is 1. The minimum Gasteiger partial charge on any atom is -0.488 e. The van der Waals surface area contributed by atoms with E-state index in [9.17, 15) is 13.6 Å². The Morgan fingerprint density at radius 1 is 1.16 bits per heavy atom. The van der Waals surface area contributed by atoms with Gasteiger partial charge in [-0.15, -0.1) is 0 Å². The molecular formula is C24H28F2N2O3. The van der Waals surface area contributed by atoms with E-state index in [1.807, 2.05) is 0 Å². The van der Waals surface area contributed by atoms with Crippen LogP contribution in [0.25, 0.3) is 0 Å². The minimum atomic E-state index is -0.696. The average molecular weight is 430 g/mol. The zero-order chi connectivity index (χ0) is 22.2. The first-order chi connectivity index (χ1) is 14.7. The molecule has 1 unspecified atom stereocenters. The molecule has 0 amide bonds. The van der Waals surface area contributed by atoms with Gasteiger partial charge in [-0.05, 0) is 76.1 Å². The van der Waals surface area contributed by atoms with Crippen LogP contribution in [-0.4, -0.2) is 35.7 Å². The fourth-order valence-corrected chi connectivity index (χ4v) is 3.85. The van der Waals surface area contributed by atoms with E-state index in [1.54, 1.807) is 32.9 Å². The van der Waals surface area contributed by atoms with Crippen molar-refractivity contribution >= 4 is 11.8 Å². The second-order valence-electron chi connectivity index (χ2n) is 9.31. The number of hydrogen-bond acceptors (Lipinski definition) is 5. The summed E-state index contributed by atoms with van der Waals surface area (Å²) in [6.45, 7) is 6.66. The maximum Gasteiger partial charge on any atom is 0.341 e. The Morgan fingerprint density at radius 3 is 2.58 bits per heavy atom. The second kappa shape index (κ2) is 8.44. The molecular weight excluding hydrogens is 402 g/mol. The molecule has 31 heavy (non-hydrogen) atoms. The molecule has 1 aliphatic carbocycles. The van der Waals surface area contributed by atoms with Crippen LogP contribution in [0.4, 0.5) is 14.6 Å². The number of anilines is 1. The number of piperidine rings is 1. The summed E-state index contributed by atoms with van der Waals surface area (Å²) < 4.78 is 39.6. The Morgan fingerprint density at radius 2 is 1.94 bits per heavy atom. The smallest absolute Gasteiger partial charge is 0.341 e. The van der Waals surface area contributed by atoms with E-state index in [1.165, 1.54) is 18.3 Å². The van der Waals surface area contributed by atoms with Crippen molar-refractivity contribution in [1.29, 1.82) is 0 Å². The van der Waals surface area contributed by atoms with Crippen LogP contribution >= 0.6 is 0 Å². The fraction of sp³-hybridized carbons (Fsp3) is 0.500. The van der Waals surface area contributed by atoms with Crippen molar-refractivity contribution in [2.75, 3.05) is 18.0 Å². The monoisotopic (exact) mass is 430 g/mol. The van der Waals surface area contributed by atoms with E-state index >= 15 is 0 Å². The molecule has 2 aliphatic rings. The summed E-state index contributed by atoms with van der Waals surface area (Å²) >= 11 is 0. The van der Waals surface area contributed by atoms with Crippen molar-refractivity contribution in [3.63, 3.8) is 0 Å². The number of halogens is 2. The van der Waals surface area contributed by atoms with E-state index < -0.39 is 17.4 Å². The van der Waals surface area contributed by atoms with Crippen LogP contribution in [0.5, 0.6) is 5.75 Å². The molecule has 1 saturated heterocycles. The fourth-order valence-electron chi connectivity index (χ4n) is 3.85. The van der Waals surface area contributed by atoms with E-state index in [2.05, 4.69) is 9.88 Å². The molecule has 0 bridgehead atoms. The summed E-state index contributed by atoms with van der Waals surface area (Å²) in [4.78, 5) is 18.7. The average Bonchev–Trinajstić information content (AvgIpc) is 3.52. The van der Waals surface area contributed by atoms with E-state index in [-0.39, 0.29) is 23.4 Å². The highest BCUT2D eigenvalue weighted by molar-refractivity contribution is 5.90. The molecule has 7 heteroatoms. The Labute approximate surface area is 181 Å². The molecule has 1 aromatic carbocycles. The lowest BCUT2D eigenvalue weighted by Crippen LogP contribution is -2.41. The van der Waals surface area contributed by atoms with Crippen LogP contribution < -0.4 is 9.64 Å². The predicted molar refractivity (Wildman–Crippen MR) is 114 cm³/mol. The zero-order valence-electron chi connectivity index (χ0n) is 18.2. The van der Waals surface area contributed by atoms with Gasteiger partial charge in [-0.3, -0.25) is 0 Å². The van der Waals surface area contributed by atoms with Gasteiger partial charge in [-0.25, -0.2) is 18.6 Å². The lowest BCUT2D eigenvalue weighted by Gasteiger charge is -2.34. The number of rotatable bonds is 5. The summed E-state index contributed by atoms with van der Waals surface area (Å²) in [5.74, 6) is -0.209. The predicted octanol–water partition coefficient (Wildman–Crippen LogP) is 5.24. The van der Waals surface area contributed by atoms with Gasteiger partial charge >= 0.3 is 5.97 Å². The normalized spacial score (nSPS) is 19.3. The van der Waals surface area contributed by atoms with Crippen molar-refractivity contribution in [3.8, 4) is 5.75 Å². The summed E-state index contributed by atoms with van der Waals surface area (Å²) in [7, 11) is 0. The number of ether oxygens (including phenoxy) is 2. The molecule has 166 valence electrons. The number of pyridine rings is 1. The molecule has 1 saturated carbocycles. The highest BCUT2D eigenvalue weighted by Gasteiger charge is 2.32. The first-order valence-corrected chi connectivity index (χ1v) is 10.8. The maximum atomic E-state index is 14.8. The van der Waals surface area contributed by atoms with Crippen molar-refractivity contribution in [3.05, 3.63) is 53.2 Å². The lowest BCUT2D eigenvalue weighted by molar-refractivity contribution is 0.00645. The third-order valence-corrected chi connectivity index (χ3v) is 5.44. The molecule has 0 spiro atoms. The molecule has 1 aliphatic heterocycles. The van der Waals surface area contributed by atoms with Gasteiger partial charge in [-0.2, -0.15) is 0 Å². The van der Waals surface area contributed by atoms with Crippen LogP contribution in [-0.2, 0) is 4.74 Å². The van der Waals surface area contributed by atoms with E-state index in [0.717, 1.165) is 37.8 Å². The van der Waals surface area contributed by atoms with Gasteiger partial charge in [0.2, 0.25) is 0 Å². The van der Waals surface area contributed by atoms with Gasteiger partial charge in [0, 0.05) is 12.6 Å². The number of carbonyl (C=O) groups is 1. The van der Waals surface area contributed by atoms with Gasteiger partial charge in [0.05, 0.1) is 18.3 Å². The minimum absolute atomic E-state index is 0.0510. The quantitative estimate of drug-likeness (QED) is 0.607. The van der Waals surface area contributed by atoms with Gasteiger partial charge in [0.25, 0.3) is 0 Å². The second-order valence-corrected chi connectivity index (χ2v) is 9.31. The van der Waals surface area contributed by atoms with Gasteiger partial charge < -0.3 is 14.4 Å². The summed E-state index contributed by atoms with van der Waals surface area (Å²) in [6, 6.07) is 5.96. The Hall–Kier alpha value is -2.70. The number of esters is 1. The maximum absolute atomic E-state index is 14.8. The van der Waals surface area contributed by atoms with Gasteiger partial charge in [-0.1, -0.05) is 0 Å². The van der Waals surface area contributed by atoms with E-state index in [0.29, 0.717) is 18.1 Å². The van der Waals surface area contributed by atoms with Crippen LogP contribution in [0.3, 0.4) is 0 Å². The highest BCUT2D eigenvalue weighted by atomic mass is 19.1. The Kier molecular flexibility index (Phi) is 5.86.